The van der Waals surface area contributed by atoms with Gasteiger partial charge in [-0.25, -0.2) is 0 Å². The molecule has 1 aliphatic carbocycles. The molecular formula is C14H14ClN3O2. The van der Waals surface area contributed by atoms with Crippen molar-refractivity contribution in [3.8, 4) is 11.4 Å². The van der Waals surface area contributed by atoms with Crippen molar-refractivity contribution in [2.75, 3.05) is 7.05 Å². The highest BCUT2D eigenvalue weighted by Crippen LogP contribution is 2.31. The van der Waals surface area contributed by atoms with Gasteiger partial charge in [-0.1, -0.05) is 28.9 Å². The second kappa shape index (κ2) is 5.25. The summed E-state index contributed by atoms with van der Waals surface area (Å²) >= 11 is 5.93. The lowest BCUT2D eigenvalue weighted by Gasteiger charge is -2.13. The minimum atomic E-state index is 0.146. The maximum absolute atomic E-state index is 11.8. The highest BCUT2D eigenvalue weighted by atomic mass is 35.5. The van der Waals surface area contributed by atoms with Crippen molar-refractivity contribution in [3.05, 3.63) is 35.2 Å². The van der Waals surface area contributed by atoms with E-state index in [0.717, 1.165) is 18.4 Å². The van der Waals surface area contributed by atoms with Gasteiger partial charge in [0.15, 0.2) is 0 Å². The van der Waals surface area contributed by atoms with Crippen molar-refractivity contribution in [1.29, 1.82) is 0 Å². The molecule has 0 radical (unpaired) electrons. The molecule has 1 saturated carbocycles. The molecule has 2 aromatic rings. The summed E-state index contributed by atoms with van der Waals surface area (Å²) in [5.74, 6) is 1.24. The topological polar surface area (TPSA) is 59.2 Å². The Bertz CT molecular complexity index is 637. The number of carbonyl (C=O) groups excluding carboxylic acids is 1. The average Bonchev–Trinajstić information content (AvgIpc) is 3.18. The van der Waals surface area contributed by atoms with Gasteiger partial charge < -0.3 is 9.42 Å². The molecule has 20 heavy (non-hydrogen) atoms. The summed E-state index contributed by atoms with van der Waals surface area (Å²) in [6.07, 6.45) is 1.97. The summed E-state index contributed by atoms with van der Waals surface area (Å²) in [7, 11) is 1.75. The van der Waals surface area contributed by atoms with Gasteiger partial charge in [-0.3, -0.25) is 4.79 Å². The van der Waals surface area contributed by atoms with Crippen molar-refractivity contribution >= 4 is 17.5 Å². The van der Waals surface area contributed by atoms with Crippen LogP contribution in [0.3, 0.4) is 0 Å². The van der Waals surface area contributed by atoms with Gasteiger partial charge in [0.1, 0.15) is 0 Å². The van der Waals surface area contributed by atoms with E-state index < -0.39 is 0 Å². The Balaban J connectivity index is 1.71. The molecule has 0 bridgehead atoms. The first-order valence-electron chi connectivity index (χ1n) is 6.47. The van der Waals surface area contributed by atoms with Crippen molar-refractivity contribution in [2.45, 2.75) is 19.4 Å². The lowest BCUT2D eigenvalue weighted by molar-refractivity contribution is -0.132. The quantitative estimate of drug-likeness (QED) is 0.869. The van der Waals surface area contributed by atoms with Crippen LogP contribution in [0.2, 0.25) is 5.02 Å². The summed E-state index contributed by atoms with van der Waals surface area (Å²) in [5.41, 5.74) is 0.795. The maximum atomic E-state index is 11.8. The van der Waals surface area contributed by atoms with Crippen molar-refractivity contribution in [1.82, 2.24) is 15.0 Å². The first kappa shape index (κ1) is 13.1. The molecule has 1 aliphatic rings. The zero-order valence-corrected chi connectivity index (χ0v) is 11.8. The molecule has 1 aromatic heterocycles. The van der Waals surface area contributed by atoms with Gasteiger partial charge in [-0.2, -0.15) is 4.98 Å². The number of aromatic nitrogens is 2. The van der Waals surface area contributed by atoms with E-state index in [0.29, 0.717) is 23.3 Å². The number of hydrogen-bond donors (Lipinski definition) is 0. The number of nitrogens with zero attached hydrogens (tertiary/aromatic N) is 3. The zero-order valence-electron chi connectivity index (χ0n) is 11.0. The van der Waals surface area contributed by atoms with Crippen molar-refractivity contribution in [3.63, 3.8) is 0 Å². The molecule has 0 aliphatic heterocycles. The van der Waals surface area contributed by atoms with E-state index in [1.807, 2.05) is 12.1 Å². The van der Waals surface area contributed by atoms with Gasteiger partial charge in [-0.05, 0) is 25.0 Å². The molecule has 0 N–H and O–H groups in total. The maximum Gasteiger partial charge on any atom is 0.246 e. The summed E-state index contributed by atoms with van der Waals surface area (Å²) < 4.78 is 5.18. The fourth-order valence-electron chi connectivity index (χ4n) is 1.99. The average molecular weight is 292 g/mol. The second-order valence-electron chi connectivity index (χ2n) is 4.99. The summed E-state index contributed by atoms with van der Waals surface area (Å²) in [5, 5.41) is 4.54. The van der Waals surface area contributed by atoms with Crippen LogP contribution in [0.5, 0.6) is 0 Å². The van der Waals surface area contributed by atoms with Gasteiger partial charge in [0.2, 0.25) is 17.6 Å². The van der Waals surface area contributed by atoms with Crippen LogP contribution in [0.15, 0.2) is 28.8 Å². The van der Waals surface area contributed by atoms with Crippen LogP contribution in [-0.4, -0.2) is 28.0 Å². The van der Waals surface area contributed by atoms with Crippen LogP contribution >= 0.6 is 11.6 Å². The van der Waals surface area contributed by atoms with Crippen LogP contribution < -0.4 is 0 Å². The first-order valence-corrected chi connectivity index (χ1v) is 6.85. The van der Waals surface area contributed by atoms with Gasteiger partial charge in [0.25, 0.3) is 0 Å². The van der Waals surface area contributed by atoms with E-state index in [1.54, 1.807) is 24.1 Å². The molecule has 1 heterocycles. The summed E-state index contributed by atoms with van der Waals surface area (Å²) in [6.45, 7) is 0.336. The predicted molar refractivity (Wildman–Crippen MR) is 73.9 cm³/mol. The monoisotopic (exact) mass is 291 g/mol. The molecule has 1 aromatic carbocycles. The number of amides is 1. The standard InChI is InChI=1S/C14H14ClN3O2/c1-18(14(19)9-5-6-9)8-12-16-13(17-20-12)10-3-2-4-11(15)7-10/h2-4,7,9H,5-6,8H2,1H3. The van der Waals surface area contributed by atoms with E-state index >= 15 is 0 Å². The molecule has 0 atom stereocenters. The Hall–Kier alpha value is -1.88. The minimum absolute atomic E-state index is 0.146. The Morgan fingerprint density at radius 2 is 2.30 bits per heavy atom. The highest BCUT2D eigenvalue weighted by Gasteiger charge is 2.32. The van der Waals surface area contributed by atoms with Crippen LogP contribution in [-0.2, 0) is 11.3 Å². The summed E-state index contributed by atoms with van der Waals surface area (Å²) in [6, 6.07) is 7.25. The second-order valence-corrected chi connectivity index (χ2v) is 5.43. The molecule has 6 heteroatoms. The first-order chi connectivity index (χ1) is 9.63. The van der Waals surface area contributed by atoms with Gasteiger partial charge >= 0.3 is 0 Å². The number of hydrogen-bond acceptors (Lipinski definition) is 4. The zero-order chi connectivity index (χ0) is 14.1. The van der Waals surface area contributed by atoms with Crippen LogP contribution in [0.4, 0.5) is 0 Å². The molecule has 1 fully saturated rings. The van der Waals surface area contributed by atoms with Gasteiger partial charge in [-0.15, -0.1) is 0 Å². The van der Waals surface area contributed by atoms with Gasteiger partial charge in [0.05, 0.1) is 6.54 Å². The Labute approximate surface area is 121 Å². The molecule has 5 nitrogen and oxygen atoms in total. The predicted octanol–water partition coefficient (Wildman–Crippen LogP) is 2.76. The Kier molecular flexibility index (Phi) is 3.44. The number of carbonyl (C=O) groups is 1. The smallest absolute Gasteiger partial charge is 0.246 e. The van der Waals surface area contributed by atoms with Crippen LogP contribution in [0, 0.1) is 5.92 Å². The highest BCUT2D eigenvalue weighted by molar-refractivity contribution is 6.30. The number of halogens is 1. The fourth-order valence-corrected chi connectivity index (χ4v) is 2.18. The molecule has 104 valence electrons. The molecule has 0 saturated heterocycles. The number of rotatable bonds is 4. The molecule has 0 unspecified atom stereocenters. The molecule has 0 spiro atoms. The fraction of sp³-hybridized carbons (Fsp3) is 0.357. The lowest BCUT2D eigenvalue weighted by atomic mass is 10.2. The van der Waals surface area contributed by atoms with E-state index in [-0.39, 0.29) is 11.8 Å². The molecular weight excluding hydrogens is 278 g/mol. The normalized spacial score (nSPS) is 14.3. The molecule has 1 amide bonds. The third kappa shape index (κ3) is 2.82. The van der Waals surface area contributed by atoms with Gasteiger partial charge in [0, 0.05) is 23.6 Å². The third-order valence-corrected chi connectivity index (χ3v) is 3.46. The Morgan fingerprint density at radius 1 is 1.50 bits per heavy atom. The van der Waals surface area contributed by atoms with Crippen LogP contribution in [0.25, 0.3) is 11.4 Å². The van der Waals surface area contributed by atoms with Crippen molar-refractivity contribution in [2.24, 2.45) is 5.92 Å². The minimum Gasteiger partial charge on any atom is -0.337 e. The SMILES string of the molecule is CN(Cc1nc(-c2cccc(Cl)c2)no1)C(=O)C1CC1. The van der Waals surface area contributed by atoms with E-state index in [2.05, 4.69) is 10.1 Å². The van der Waals surface area contributed by atoms with E-state index in [1.165, 1.54) is 0 Å². The van der Waals surface area contributed by atoms with Crippen LogP contribution in [0.1, 0.15) is 18.7 Å². The van der Waals surface area contributed by atoms with E-state index in [4.69, 9.17) is 16.1 Å². The van der Waals surface area contributed by atoms with Crippen molar-refractivity contribution < 1.29 is 9.32 Å². The third-order valence-electron chi connectivity index (χ3n) is 3.23. The largest absolute Gasteiger partial charge is 0.337 e. The summed E-state index contributed by atoms with van der Waals surface area (Å²) in [4.78, 5) is 17.8. The van der Waals surface area contributed by atoms with E-state index in [9.17, 15) is 4.79 Å². The lowest BCUT2D eigenvalue weighted by Crippen LogP contribution is -2.27. The Morgan fingerprint density at radius 3 is 3.00 bits per heavy atom. The number of benzene rings is 1. The molecule has 3 rings (SSSR count).